The van der Waals surface area contributed by atoms with E-state index in [9.17, 15) is 0 Å². The molecule has 0 N–H and O–H groups in total. The monoisotopic (exact) mass is 1000 g/mol. The van der Waals surface area contributed by atoms with Crippen molar-refractivity contribution >= 4 is 38.9 Å². The second kappa shape index (κ2) is 19.6. The Morgan fingerprint density at radius 1 is 0.461 bits per heavy atom. The summed E-state index contributed by atoms with van der Waals surface area (Å²) in [7, 11) is 0. The highest BCUT2D eigenvalue weighted by atomic mass is 16.5. The summed E-state index contributed by atoms with van der Waals surface area (Å²) in [5, 5.41) is 2.37. The molecule has 76 heavy (non-hydrogen) atoms. The minimum atomic E-state index is -0.228. The third kappa shape index (κ3) is 10.1. The van der Waals surface area contributed by atoms with E-state index < -0.39 is 0 Å². The van der Waals surface area contributed by atoms with Crippen molar-refractivity contribution in [3.63, 3.8) is 0 Å². The number of anilines is 2. The van der Waals surface area contributed by atoms with Crippen molar-refractivity contribution in [1.29, 1.82) is 0 Å². The maximum Gasteiger partial charge on any atom is 0.137 e. The maximum atomic E-state index is 7.22. The number of benzene rings is 7. The molecule has 7 aromatic carbocycles. The lowest BCUT2D eigenvalue weighted by molar-refractivity contribution is 0.483. The second-order valence-electron chi connectivity index (χ2n) is 25.5. The molecule has 0 fully saturated rings. The first kappa shape index (κ1) is 52.1. The van der Waals surface area contributed by atoms with Crippen LogP contribution in [0.3, 0.4) is 0 Å². The molecule has 0 saturated carbocycles. The number of ether oxygens (including phenoxy) is 1. The normalized spacial score (nSPS) is 13.7. The van der Waals surface area contributed by atoms with Crippen LogP contribution in [0, 0.1) is 0 Å². The summed E-state index contributed by atoms with van der Waals surface area (Å²) >= 11 is 0. The molecule has 0 atom stereocenters. The molecule has 0 unspecified atom stereocenters. The fourth-order valence-electron chi connectivity index (χ4n) is 11.0. The lowest BCUT2D eigenvalue weighted by Crippen LogP contribution is -2.28. The third-order valence-electron chi connectivity index (χ3n) is 15.8. The van der Waals surface area contributed by atoms with Gasteiger partial charge in [0.15, 0.2) is 0 Å². The average molecular weight is 1000 g/mol. The van der Waals surface area contributed by atoms with Gasteiger partial charge in [0.05, 0.1) is 23.4 Å². The molecule has 0 amide bonds. The Kier molecular flexibility index (Phi) is 13.5. The van der Waals surface area contributed by atoms with E-state index in [4.69, 9.17) is 9.72 Å². The van der Waals surface area contributed by atoms with E-state index in [1.165, 1.54) is 61.3 Å². The fourth-order valence-corrected chi connectivity index (χ4v) is 11.0. The van der Waals surface area contributed by atoms with Crippen LogP contribution in [0.25, 0.3) is 44.4 Å². The van der Waals surface area contributed by atoms with Gasteiger partial charge in [0, 0.05) is 57.7 Å². The Balaban J connectivity index is 1.15. The van der Waals surface area contributed by atoms with Crippen molar-refractivity contribution in [2.45, 2.75) is 137 Å². The van der Waals surface area contributed by atoms with Crippen molar-refractivity contribution in [3.05, 3.63) is 221 Å². The quantitative estimate of drug-likeness (QED) is 0.129. The van der Waals surface area contributed by atoms with Crippen LogP contribution >= 0.6 is 0 Å². The molecular weight excluding hydrogens is 925 g/mol. The minimum Gasteiger partial charge on any atom is -0.457 e. The number of fused-ring (bicyclic) bond motifs is 3. The number of aromatic nitrogens is 2. The summed E-state index contributed by atoms with van der Waals surface area (Å²) in [6, 6.07) is 60.5. The molecular formula is C71H78N4O. The number of pyridine rings is 1. The molecule has 2 aromatic heterocycles. The minimum absolute atomic E-state index is 0.00905. The molecule has 0 radical (unpaired) electrons. The van der Waals surface area contributed by atoms with Gasteiger partial charge >= 0.3 is 0 Å². The number of nitrogens with zero attached hydrogens (tertiary/aromatic N) is 4. The Labute approximate surface area is 453 Å². The van der Waals surface area contributed by atoms with Gasteiger partial charge in [-0.15, -0.1) is 0 Å². The first-order chi connectivity index (χ1) is 35.9. The molecule has 0 bridgehead atoms. The molecule has 10 rings (SSSR count). The smallest absolute Gasteiger partial charge is 0.137 e. The summed E-state index contributed by atoms with van der Waals surface area (Å²) in [5.74, 6) is 3.03. The number of hydrogen-bond acceptors (Lipinski definition) is 4. The topological polar surface area (TPSA) is 33.5 Å². The molecule has 0 spiro atoms. The van der Waals surface area contributed by atoms with Crippen LogP contribution in [0.15, 0.2) is 176 Å². The summed E-state index contributed by atoms with van der Waals surface area (Å²) in [4.78, 5) is 10.0. The predicted octanol–water partition coefficient (Wildman–Crippen LogP) is 19.4. The first-order valence-electron chi connectivity index (χ1n) is 27.5. The van der Waals surface area contributed by atoms with Crippen LogP contribution in [0.1, 0.15) is 160 Å². The highest BCUT2D eigenvalue weighted by Gasteiger charge is 2.33. The van der Waals surface area contributed by atoms with Crippen molar-refractivity contribution in [1.82, 2.24) is 9.55 Å². The lowest BCUT2D eigenvalue weighted by atomic mass is 9.75. The molecule has 0 saturated heterocycles. The van der Waals surface area contributed by atoms with Crippen LogP contribution in [0.2, 0.25) is 0 Å². The van der Waals surface area contributed by atoms with Gasteiger partial charge < -0.3 is 14.5 Å². The van der Waals surface area contributed by atoms with Gasteiger partial charge in [0.1, 0.15) is 17.3 Å². The van der Waals surface area contributed by atoms with Gasteiger partial charge in [0.2, 0.25) is 0 Å². The van der Waals surface area contributed by atoms with Gasteiger partial charge in [-0.1, -0.05) is 195 Å². The van der Waals surface area contributed by atoms with Crippen LogP contribution < -0.4 is 14.5 Å². The molecule has 0 aliphatic carbocycles. The van der Waals surface area contributed by atoms with E-state index in [-0.39, 0.29) is 21.7 Å². The predicted molar refractivity (Wildman–Crippen MR) is 324 cm³/mol. The van der Waals surface area contributed by atoms with E-state index in [1.54, 1.807) is 0 Å². The van der Waals surface area contributed by atoms with Crippen LogP contribution in [0.5, 0.6) is 11.5 Å². The number of hydrogen-bond donors (Lipinski definition) is 0. The van der Waals surface area contributed by atoms with Crippen LogP contribution in [-0.2, 0) is 21.7 Å². The SMILES string of the molecule is CC(C)c1cccc(C(C)C)c1C1=CN(c2cc(C(C)(C)C)cc(C(C)(C)c3ccccc3)c2)CN1c1cc(Oc2ccc3c4cc(C(C)(C)C)ccc4n(-c4cc(C(C)(C)C)ccn4)c3c2)cc(-c2ccccc2)c1. The standard InChI is InChI=1S/C71H78N4O/c1-46(2)59-27-22-28-60(47(3)4)67(59)65-44-73(55-38-53(70(11,12)13)37-54(39-55)71(14,15)50-25-20-17-21-26-50)45-74(65)56-35-49(48-23-18-16-19-24-48)36-58(42-56)76-57-30-31-61-62-40-51(68(5,6)7)29-32-63(62)75(64(61)43-57)66-41-52(33-34-72-66)69(8,9)10/h16-44,46-47H,45H2,1-15H3. The maximum absolute atomic E-state index is 7.22. The Morgan fingerprint density at radius 3 is 1.74 bits per heavy atom. The van der Waals surface area contributed by atoms with E-state index >= 15 is 0 Å². The zero-order chi connectivity index (χ0) is 54.1. The third-order valence-corrected chi connectivity index (χ3v) is 15.8. The van der Waals surface area contributed by atoms with Crippen molar-refractivity contribution < 1.29 is 4.74 Å². The average Bonchev–Trinajstić information content (AvgIpc) is 4.07. The van der Waals surface area contributed by atoms with E-state index in [0.717, 1.165) is 50.6 Å². The van der Waals surface area contributed by atoms with Gasteiger partial charge in [-0.3, -0.25) is 4.57 Å². The highest BCUT2D eigenvalue weighted by molar-refractivity contribution is 6.10. The summed E-state index contributed by atoms with van der Waals surface area (Å²) in [6.07, 6.45) is 4.37. The Bertz CT molecular complexity index is 3600. The molecule has 1 aliphatic rings. The van der Waals surface area contributed by atoms with E-state index in [2.05, 4.69) is 288 Å². The molecule has 1 aliphatic heterocycles. The Hall–Kier alpha value is -7.37. The van der Waals surface area contributed by atoms with Crippen LogP contribution in [0.4, 0.5) is 11.4 Å². The van der Waals surface area contributed by atoms with Crippen LogP contribution in [-0.4, -0.2) is 16.2 Å². The molecule has 5 heteroatoms. The summed E-state index contributed by atoms with van der Waals surface area (Å²) in [6.45, 7) is 35.2. The van der Waals surface area contributed by atoms with Gasteiger partial charge in [-0.25, -0.2) is 4.98 Å². The summed E-state index contributed by atoms with van der Waals surface area (Å²) in [5.41, 5.74) is 17.9. The van der Waals surface area contributed by atoms with Gasteiger partial charge in [-0.05, 0) is 139 Å². The van der Waals surface area contributed by atoms with Crippen molar-refractivity contribution in [2.75, 3.05) is 16.5 Å². The van der Waals surface area contributed by atoms with Gasteiger partial charge in [0.25, 0.3) is 0 Å². The number of rotatable bonds is 11. The fraction of sp³-hybridized carbons (Fsp3) is 0.310. The molecule has 9 aromatic rings. The lowest BCUT2D eigenvalue weighted by Gasteiger charge is -2.32. The van der Waals surface area contributed by atoms with Crippen molar-refractivity contribution in [3.8, 4) is 28.4 Å². The highest BCUT2D eigenvalue weighted by Crippen LogP contribution is 2.46. The summed E-state index contributed by atoms with van der Waals surface area (Å²) < 4.78 is 9.54. The molecule has 388 valence electrons. The van der Waals surface area contributed by atoms with E-state index in [0.29, 0.717) is 18.5 Å². The van der Waals surface area contributed by atoms with Gasteiger partial charge in [-0.2, -0.15) is 0 Å². The molecule has 5 nitrogen and oxygen atoms in total. The zero-order valence-corrected chi connectivity index (χ0v) is 47.8. The van der Waals surface area contributed by atoms with E-state index in [1.807, 2.05) is 6.20 Å². The largest absolute Gasteiger partial charge is 0.457 e. The first-order valence-corrected chi connectivity index (χ1v) is 27.5. The Morgan fingerprint density at radius 2 is 1.09 bits per heavy atom. The van der Waals surface area contributed by atoms with Crippen molar-refractivity contribution in [2.24, 2.45) is 0 Å². The molecule has 3 heterocycles. The second-order valence-corrected chi connectivity index (χ2v) is 25.5. The zero-order valence-electron chi connectivity index (χ0n) is 47.8.